The molecule has 0 spiro atoms. The molecule has 0 amide bonds. The van der Waals surface area contributed by atoms with Gasteiger partial charge in [0.2, 0.25) is 11.6 Å². The third kappa shape index (κ3) is 2.54. The Hall–Kier alpha value is -2.50. The molecular formula is C11H10N4O2. The van der Waals surface area contributed by atoms with Crippen LogP contribution in [-0.2, 0) is 0 Å². The number of aromatic nitrogens is 2. The van der Waals surface area contributed by atoms with Crippen LogP contribution in [0.1, 0.15) is 5.82 Å². The summed E-state index contributed by atoms with van der Waals surface area (Å²) in [5, 5.41) is 17.1. The monoisotopic (exact) mass is 230 g/mol. The van der Waals surface area contributed by atoms with Gasteiger partial charge in [-0.05, 0) is 19.1 Å². The second-order valence-electron chi connectivity index (χ2n) is 3.36. The van der Waals surface area contributed by atoms with Crippen molar-refractivity contribution in [2.24, 2.45) is 10.2 Å². The van der Waals surface area contributed by atoms with Crippen LogP contribution in [0.5, 0.6) is 5.75 Å². The molecule has 0 aliphatic rings. The van der Waals surface area contributed by atoms with Crippen molar-refractivity contribution < 1.29 is 5.11 Å². The van der Waals surface area contributed by atoms with Crippen molar-refractivity contribution in [1.82, 2.24) is 9.97 Å². The Labute approximate surface area is 96.7 Å². The lowest BCUT2D eigenvalue weighted by Gasteiger charge is -1.97. The van der Waals surface area contributed by atoms with Gasteiger partial charge in [0.05, 0.1) is 5.69 Å². The number of nitrogens with one attached hydrogen (secondary N) is 1. The molecule has 0 unspecified atom stereocenters. The van der Waals surface area contributed by atoms with Gasteiger partial charge < -0.3 is 10.1 Å². The predicted octanol–water partition coefficient (Wildman–Crippen LogP) is 2.20. The maximum atomic E-state index is 11.2. The number of benzene rings is 1. The zero-order valence-corrected chi connectivity index (χ0v) is 9.08. The first-order valence-corrected chi connectivity index (χ1v) is 4.93. The Morgan fingerprint density at radius 2 is 1.94 bits per heavy atom. The van der Waals surface area contributed by atoms with Gasteiger partial charge in [0.15, 0.2) is 0 Å². The highest BCUT2D eigenvalue weighted by Crippen LogP contribution is 2.21. The smallest absolute Gasteiger partial charge is 0.295 e. The summed E-state index contributed by atoms with van der Waals surface area (Å²) in [4.78, 5) is 17.5. The molecule has 0 bridgehead atoms. The van der Waals surface area contributed by atoms with Gasteiger partial charge in [0.1, 0.15) is 5.82 Å². The molecule has 17 heavy (non-hydrogen) atoms. The molecule has 2 N–H and O–H groups in total. The number of aryl methyl sites for hydroxylation is 1. The molecule has 0 saturated heterocycles. The van der Waals surface area contributed by atoms with E-state index in [0.717, 1.165) is 0 Å². The molecular weight excluding hydrogens is 220 g/mol. The molecule has 0 aliphatic heterocycles. The van der Waals surface area contributed by atoms with Gasteiger partial charge in [-0.2, -0.15) is 0 Å². The Morgan fingerprint density at radius 1 is 1.24 bits per heavy atom. The van der Waals surface area contributed by atoms with Crippen molar-refractivity contribution in [3.8, 4) is 5.75 Å². The minimum atomic E-state index is -0.625. The highest BCUT2D eigenvalue weighted by atomic mass is 16.3. The van der Waals surface area contributed by atoms with Gasteiger partial charge in [0, 0.05) is 0 Å². The third-order valence-electron chi connectivity index (χ3n) is 2.01. The van der Waals surface area contributed by atoms with Crippen LogP contribution in [0.2, 0.25) is 0 Å². The van der Waals surface area contributed by atoms with Crippen molar-refractivity contribution in [2.75, 3.05) is 0 Å². The molecule has 0 aliphatic carbocycles. The number of H-pyrrole nitrogens is 1. The summed E-state index contributed by atoms with van der Waals surface area (Å²) in [5.74, 6) is -0.250. The number of aromatic hydroxyl groups is 1. The van der Waals surface area contributed by atoms with E-state index < -0.39 is 11.3 Å². The van der Waals surface area contributed by atoms with Crippen LogP contribution in [-0.4, -0.2) is 15.1 Å². The minimum Gasteiger partial charge on any atom is -0.500 e. The standard InChI is InChI=1S/C11H10N4O2/c1-7-12-10(9(16)11(17)13-7)15-14-8-5-3-2-4-6-8/h2-6,16H,1H3,(H,12,13,17). The largest absolute Gasteiger partial charge is 0.500 e. The van der Waals surface area contributed by atoms with E-state index in [4.69, 9.17) is 0 Å². The van der Waals surface area contributed by atoms with Crippen molar-refractivity contribution >= 4 is 11.5 Å². The lowest BCUT2D eigenvalue weighted by Crippen LogP contribution is -2.08. The Bertz CT molecular complexity index is 605. The summed E-state index contributed by atoms with van der Waals surface area (Å²) in [7, 11) is 0. The number of hydrogen-bond acceptors (Lipinski definition) is 5. The molecule has 0 saturated carbocycles. The zero-order chi connectivity index (χ0) is 12.3. The van der Waals surface area contributed by atoms with Crippen LogP contribution in [0.25, 0.3) is 0 Å². The zero-order valence-electron chi connectivity index (χ0n) is 9.08. The van der Waals surface area contributed by atoms with Crippen LogP contribution in [0.3, 0.4) is 0 Å². The second kappa shape index (κ2) is 4.56. The van der Waals surface area contributed by atoms with E-state index in [9.17, 15) is 9.90 Å². The topological polar surface area (TPSA) is 90.7 Å². The average Bonchev–Trinajstić information content (AvgIpc) is 2.33. The van der Waals surface area contributed by atoms with Gasteiger partial charge in [-0.15, -0.1) is 10.2 Å². The van der Waals surface area contributed by atoms with Gasteiger partial charge in [0.25, 0.3) is 5.56 Å². The molecule has 1 aromatic carbocycles. The van der Waals surface area contributed by atoms with E-state index in [0.29, 0.717) is 11.5 Å². The van der Waals surface area contributed by atoms with E-state index in [1.165, 1.54) is 0 Å². The highest BCUT2D eigenvalue weighted by molar-refractivity contribution is 5.43. The summed E-state index contributed by atoms with van der Waals surface area (Å²) in [6.07, 6.45) is 0. The van der Waals surface area contributed by atoms with Crippen molar-refractivity contribution in [3.05, 3.63) is 46.5 Å². The van der Waals surface area contributed by atoms with Crippen LogP contribution in [0.15, 0.2) is 45.4 Å². The maximum Gasteiger partial charge on any atom is 0.295 e. The van der Waals surface area contributed by atoms with Gasteiger partial charge in [-0.3, -0.25) is 4.79 Å². The Morgan fingerprint density at radius 3 is 2.65 bits per heavy atom. The van der Waals surface area contributed by atoms with Crippen LogP contribution in [0, 0.1) is 6.92 Å². The molecule has 6 nitrogen and oxygen atoms in total. The Kier molecular flexibility index (Phi) is 2.95. The molecule has 0 fully saturated rings. The van der Waals surface area contributed by atoms with Crippen molar-refractivity contribution in [2.45, 2.75) is 6.92 Å². The summed E-state index contributed by atoms with van der Waals surface area (Å²) in [6.45, 7) is 1.60. The van der Waals surface area contributed by atoms with E-state index >= 15 is 0 Å². The molecule has 0 atom stereocenters. The average molecular weight is 230 g/mol. The number of azo groups is 1. The number of hydrogen-bond donors (Lipinski definition) is 2. The summed E-state index contributed by atoms with van der Waals surface area (Å²) >= 11 is 0. The summed E-state index contributed by atoms with van der Waals surface area (Å²) in [6, 6.07) is 8.97. The molecule has 86 valence electrons. The molecule has 1 heterocycles. The predicted molar refractivity (Wildman–Crippen MR) is 61.9 cm³/mol. The van der Waals surface area contributed by atoms with E-state index in [-0.39, 0.29) is 5.82 Å². The number of rotatable bonds is 2. The van der Waals surface area contributed by atoms with E-state index in [2.05, 4.69) is 20.2 Å². The van der Waals surface area contributed by atoms with Gasteiger partial charge >= 0.3 is 0 Å². The normalized spacial score (nSPS) is 10.9. The number of nitrogens with zero attached hydrogens (tertiary/aromatic N) is 3. The second-order valence-corrected chi connectivity index (χ2v) is 3.36. The maximum absolute atomic E-state index is 11.2. The van der Waals surface area contributed by atoms with Crippen LogP contribution < -0.4 is 5.56 Å². The fourth-order valence-corrected chi connectivity index (χ4v) is 1.23. The van der Waals surface area contributed by atoms with E-state index in [1.54, 1.807) is 19.1 Å². The Balaban J connectivity index is 2.37. The SMILES string of the molecule is Cc1nc(N=Nc2ccccc2)c(O)c(=O)[nH]1. The first kappa shape index (κ1) is 11.0. The van der Waals surface area contributed by atoms with Crippen molar-refractivity contribution in [3.63, 3.8) is 0 Å². The molecule has 0 radical (unpaired) electrons. The summed E-state index contributed by atoms with van der Waals surface area (Å²) < 4.78 is 0. The first-order valence-electron chi connectivity index (χ1n) is 4.93. The fourth-order valence-electron chi connectivity index (χ4n) is 1.23. The first-order chi connectivity index (χ1) is 8.16. The molecule has 6 heteroatoms. The highest BCUT2D eigenvalue weighted by Gasteiger charge is 2.07. The van der Waals surface area contributed by atoms with Crippen molar-refractivity contribution in [1.29, 1.82) is 0 Å². The summed E-state index contributed by atoms with van der Waals surface area (Å²) in [5.41, 5.74) is -0.00820. The van der Waals surface area contributed by atoms with Crippen LogP contribution in [0.4, 0.5) is 11.5 Å². The van der Waals surface area contributed by atoms with E-state index in [1.807, 2.05) is 18.2 Å². The lowest BCUT2D eigenvalue weighted by atomic mass is 10.3. The van der Waals surface area contributed by atoms with Gasteiger partial charge in [-0.1, -0.05) is 18.2 Å². The van der Waals surface area contributed by atoms with Gasteiger partial charge in [-0.25, -0.2) is 4.98 Å². The lowest BCUT2D eigenvalue weighted by molar-refractivity contribution is 0.464. The fraction of sp³-hybridized carbons (Fsp3) is 0.0909. The molecule has 1 aromatic heterocycles. The molecule has 2 rings (SSSR count). The quantitative estimate of drug-likeness (QED) is 0.775. The third-order valence-corrected chi connectivity index (χ3v) is 2.01. The number of aromatic amines is 1. The van der Waals surface area contributed by atoms with Crippen LogP contribution >= 0.6 is 0 Å². The minimum absolute atomic E-state index is 0.0879. The molecule has 2 aromatic rings.